The van der Waals surface area contributed by atoms with Crippen LogP contribution in [0.25, 0.3) is 5.69 Å². The van der Waals surface area contributed by atoms with E-state index in [9.17, 15) is 18.8 Å². The van der Waals surface area contributed by atoms with Gasteiger partial charge in [0, 0.05) is 23.5 Å². The molecule has 0 atom stereocenters. The van der Waals surface area contributed by atoms with E-state index in [1.807, 2.05) is 0 Å². The van der Waals surface area contributed by atoms with Crippen molar-refractivity contribution in [2.45, 2.75) is 45.1 Å². The topological polar surface area (TPSA) is 93.1 Å². The first-order valence-electron chi connectivity index (χ1n) is 11.1. The van der Waals surface area contributed by atoms with Gasteiger partial charge in [0.15, 0.2) is 5.69 Å². The molecule has 2 aromatic carbocycles. The summed E-state index contributed by atoms with van der Waals surface area (Å²) in [5, 5.41) is 9.94. The number of amides is 2. The highest BCUT2D eigenvalue weighted by Crippen LogP contribution is 2.23. The van der Waals surface area contributed by atoms with E-state index in [1.54, 1.807) is 13.0 Å². The molecule has 9 heteroatoms. The number of hydrogen-bond acceptors (Lipinski definition) is 4. The molecule has 7 nitrogen and oxygen atoms in total. The van der Waals surface area contributed by atoms with Crippen molar-refractivity contribution in [3.63, 3.8) is 0 Å². The van der Waals surface area contributed by atoms with Gasteiger partial charge in [-0.2, -0.15) is 5.10 Å². The highest BCUT2D eigenvalue weighted by Gasteiger charge is 2.20. The molecule has 1 aromatic heterocycles. The Labute approximate surface area is 200 Å². The minimum absolute atomic E-state index is 0.101. The summed E-state index contributed by atoms with van der Waals surface area (Å²) in [5.41, 5.74) is -0.0149. The molecule has 2 N–H and O–H groups in total. The van der Waals surface area contributed by atoms with Crippen LogP contribution in [0.15, 0.2) is 53.3 Å². The SMILES string of the molecule is Cc1cc(=O)c(C(=O)Nc2ccc(Cl)c(C(=O)NC3CCCCC3)c2)nn1-c1ccccc1F. The summed E-state index contributed by atoms with van der Waals surface area (Å²) in [5.74, 6) is -1.64. The molecular formula is C25H24ClFN4O3. The number of nitrogens with one attached hydrogen (secondary N) is 2. The largest absolute Gasteiger partial charge is 0.349 e. The molecule has 0 saturated heterocycles. The lowest BCUT2D eigenvalue weighted by Gasteiger charge is -2.23. The molecule has 0 bridgehead atoms. The number of aromatic nitrogens is 2. The highest BCUT2D eigenvalue weighted by molar-refractivity contribution is 6.34. The fourth-order valence-electron chi connectivity index (χ4n) is 4.05. The molecular weight excluding hydrogens is 459 g/mol. The lowest BCUT2D eigenvalue weighted by molar-refractivity contribution is 0.0926. The number of anilines is 1. The molecule has 1 aliphatic carbocycles. The van der Waals surface area contributed by atoms with Gasteiger partial charge in [-0.05, 0) is 50.1 Å². The Morgan fingerprint density at radius 2 is 1.79 bits per heavy atom. The maximum absolute atomic E-state index is 14.3. The van der Waals surface area contributed by atoms with E-state index in [-0.39, 0.29) is 33.9 Å². The van der Waals surface area contributed by atoms with Crippen molar-refractivity contribution in [1.82, 2.24) is 15.1 Å². The predicted octanol–water partition coefficient (Wildman–Crippen LogP) is 4.65. The van der Waals surface area contributed by atoms with Crippen LogP contribution in [0.5, 0.6) is 0 Å². The lowest BCUT2D eigenvalue weighted by Crippen LogP contribution is -2.36. The van der Waals surface area contributed by atoms with Crippen LogP contribution in [-0.4, -0.2) is 27.6 Å². The molecule has 1 aliphatic rings. The minimum atomic E-state index is -0.781. The average molecular weight is 483 g/mol. The summed E-state index contributed by atoms with van der Waals surface area (Å²) in [4.78, 5) is 38.1. The monoisotopic (exact) mass is 482 g/mol. The van der Waals surface area contributed by atoms with Crippen molar-refractivity contribution in [3.05, 3.63) is 86.5 Å². The van der Waals surface area contributed by atoms with Crippen LogP contribution in [0.1, 0.15) is 58.6 Å². The normalized spacial score (nSPS) is 14.0. The number of hydrogen-bond donors (Lipinski definition) is 2. The Morgan fingerprint density at radius 1 is 1.06 bits per heavy atom. The lowest BCUT2D eigenvalue weighted by atomic mass is 9.95. The number of carbonyl (C=O) groups excluding carboxylic acids is 2. The van der Waals surface area contributed by atoms with Gasteiger partial charge >= 0.3 is 0 Å². The van der Waals surface area contributed by atoms with Gasteiger partial charge in [-0.3, -0.25) is 14.4 Å². The van der Waals surface area contributed by atoms with Gasteiger partial charge in [-0.15, -0.1) is 0 Å². The number of rotatable bonds is 5. The van der Waals surface area contributed by atoms with Gasteiger partial charge in [-0.1, -0.05) is 43.0 Å². The molecule has 2 amide bonds. The minimum Gasteiger partial charge on any atom is -0.349 e. The molecule has 0 radical (unpaired) electrons. The van der Waals surface area contributed by atoms with Crippen LogP contribution in [0.4, 0.5) is 10.1 Å². The van der Waals surface area contributed by atoms with Crippen molar-refractivity contribution in [1.29, 1.82) is 0 Å². The first-order chi connectivity index (χ1) is 16.3. The van der Waals surface area contributed by atoms with Crippen LogP contribution < -0.4 is 16.1 Å². The van der Waals surface area contributed by atoms with Crippen LogP contribution in [-0.2, 0) is 0 Å². The Kier molecular flexibility index (Phi) is 7.07. The number of carbonyl (C=O) groups is 2. The summed E-state index contributed by atoms with van der Waals surface area (Å²) in [6.07, 6.45) is 5.16. The second-order valence-electron chi connectivity index (χ2n) is 8.32. The van der Waals surface area contributed by atoms with Gasteiger partial charge in [0.25, 0.3) is 11.8 Å². The summed E-state index contributed by atoms with van der Waals surface area (Å²) in [7, 11) is 0. The van der Waals surface area contributed by atoms with Gasteiger partial charge < -0.3 is 10.6 Å². The Balaban J connectivity index is 1.58. The van der Waals surface area contributed by atoms with Crippen molar-refractivity contribution in [2.24, 2.45) is 0 Å². The molecule has 0 aliphatic heterocycles. The number of halogens is 2. The fourth-order valence-corrected chi connectivity index (χ4v) is 4.25. The second-order valence-corrected chi connectivity index (χ2v) is 8.73. The van der Waals surface area contributed by atoms with Gasteiger partial charge in [0.1, 0.15) is 11.5 Å². The third-order valence-electron chi connectivity index (χ3n) is 5.81. The first-order valence-corrected chi connectivity index (χ1v) is 11.5. The maximum Gasteiger partial charge on any atom is 0.280 e. The average Bonchev–Trinajstić information content (AvgIpc) is 2.81. The quantitative estimate of drug-likeness (QED) is 0.553. The third kappa shape index (κ3) is 5.17. The number of benzene rings is 2. The Hall–Kier alpha value is -3.52. The molecule has 1 fully saturated rings. The van der Waals surface area contributed by atoms with E-state index in [0.29, 0.717) is 5.69 Å². The van der Waals surface area contributed by atoms with Crippen LogP contribution in [0, 0.1) is 12.7 Å². The highest BCUT2D eigenvalue weighted by atomic mass is 35.5. The van der Waals surface area contributed by atoms with Gasteiger partial charge in [0.05, 0.1) is 10.6 Å². The molecule has 4 rings (SSSR count). The van der Waals surface area contributed by atoms with Crippen molar-refractivity contribution in [2.75, 3.05) is 5.32 Å². The van der Waals surface area contributed by atoms with E-state index in [0.717, 1.165) is 25.7 Å². The first kappa shape index (κ1) is 23.6. The van der Waals surface area contributed by atoms with Crippen LogP contribution in [0.3, 0.4) is 0 Å². The van der Waals surface area contributed by atoms with Crippen molar-refractivity contribution in [3.8, 4) is 5.69 Å². The number of para-hydroxylation sites is 1. The molecule has 1 heterocycles. The molecule has 0 spiro atoms. The van der Waals surface area contributed by atoms with Gasteiger partial charge in [0.2, 0.25) is 5.43 Å². The van der Waals surface area contributed by atoms with E-state index in [2.05, 4.69) is 15.7 Å². The molecule has 3 aromatic rings. The van der Waals surface area contributed by atoms with Crippen LogP contribution >= 0.6 is 11.6 Å². The standard InChI is InChI=1S/C25H24ClFN4O3/c1-15-13-22(32)23(30-31(15)21-10-6-5-9-20(21)27)25(34)29-17-11-12-19(26)18(14-17)24(33)28-16-7-3-2-4-8-16/h5-6,9-14,16H,2-4,7-8H2,1H3,(H,28,33)(H,29,34). The fraction of sp³-hybridized carbons (Fsp3) is 0.280. The van der Waals surface area contributed by atoms with E-state index in [4.69, 9.17) is 11.6 Å². The summed E-state index contributed by atoms with van der Waals surface area (Å²) >= 11 is 6.23. The van der Waals surface area contributed by atoms with E-state index >= 15 is 0 Å². The zero-order valence-electron chi connectivity index (χ0n) is 18.6. The molecule has 0 unspecified atom stereocenters. The third-order valence-corrected chi connectivity index (χ3v) is 6.14. The van der Waals surface area contributed by atoms with Crippen LogP contribution in [0.2, 0.25) is 5.02 Å². The van der Waals surface area contributed by atoms with E-state index in [1.165, 1.54) is 53.6 Å². The van der Waals surface area contributed by atoms with Crippen molar-refractivity contribution < 1.29 is 14.0 Å². The Bertz CT molecular complexity index is 1300. The van der Waals surface area contributed by atoms with Crippen molar-refractivity contribution >= 4 is 29.1 Å². The van der Waals surface area contributed by atoms with E-state index < -0.39 is 22.8 Å². The smallest absolute Gasteiger partial charge is 0.280 e. The zero-order valence-corrected chi connectivity index (χ0v) is 19.4. The predicted molar refractivity (Wildman–Crippen MR) is 128 cm³/mol. The molecule has 176 valence electrons. The summed E-state index contributed by atoms with van der Waals surface area (Å²) in [6, 6.07) is 11.7. The molecule has 1 saturated carbocycles. The summed E-state index contributed by atoms with van der Waals surface area (Å²) in [6.45, 7) is 1.60. The zero-order chi connectivity index (χ0) is 24.2. The second kappa shape index (κ2) is 10.2. The number of nitrogens with zero attached hydrogens (tertiary/aromatic N) is 2. The number of aryl methyl sites for hydroxylation is 1. The molecule has 34 heavy (non-hydrogen) atoms. The Morgan fingerprint density at radius 3 is 2.53 bits per heavy atom. The summed E-state index contributed by atoms with van der Waals surface area (Å²) < 4.78 is 15.5. The van der Waals surface area contributed by atoms with Gasteiger partial charge in [-0.25, -0.2) is 9.07 Å². The maximum atomic E-state index is 14.3.